The van der Waals surface area contributed by atoms with Crippen LogP contribution in [0.25, 0.3) is 0 Å². The second-order valence-corrected chi connectivity index (χ2v) is 5.77. The first-order chi connectivity index (χ1) is 8.72. The number of alkyl halides is 1. The van der Waals surface area contributed by atoms with Crippen LogP contribution in [0.2, 0.25) is 0 Å². The van der Waals surface area contributed by atoms with Gasteiger partial charge in [-0.15, -0.1) is 11.6 Å². The maximum absolute atomic E-state index is 6.03. The summed E-state index contributed by atoms with van der Waals surface area (Å²) in [4.78, 5) is 0. The lowest BCUT2D eigenvalue weighted by molar-refractivity contribution is 0.0209. The summed E-state index contributed by atoms with van der Waals surface area (Å²) in [6, 6.07) is 5.98. The summed E-state index contributed by atoms with van der Waals surface area (Å²) in [5.74, 6) is 1.39. The number of halogens is 2. The van der Waals surface area contributed by atoms with Crippen molar-refractivity contribution in [3.63, 3.8) is 0 Å². The zero-order chi connectivity index (χ0) is 13.0. The second kappa shape index (κ2) is 6.78. The highest BCUT2D eigenvalue weighted by Crippen LogP contribution is 2.28. The first-order valence-corrected chi connectivity index (χ1v) is 7.59. The highest BCUT2D eigenvalue weighted by atomic mass is 79.9. The van der Waals surface area contributed by atoms with Crippen molar-refractivity contribution < 1.29 is 9.47 Å². The van der Waals surface area contributed by atoms with Gasteiger partial charge in [-0.3, -0.25) is 0 Å². The number of hydrogen-bond donors (Lipinski definition) is 0. The van der Waals surface area contributed by atoms with Gasteiger partial charge in [0.2, 0.25) is 0 Å². The summed E-state index contributed by atoms with van der Waals surface area (Å²) in [6.45, 7) is 0. The lowest BCUT2D eigenvalue weighted by Gasteiger charge is -2.28. The number of methoxy groups -OCH3 is 1. The molecule has 0 spiro atoms. The maximum Gasteiger partial charge on any atom is 0.120 e. The molecule has 0 aromatic heterocycles. The molecular weight excluding hydrogens is 316 g/mol. The van der Waals surface area contributed by atoms with Gasteiger partial charge in [-0.2, -0.15) is 0 Å². The number of ether oxygens (including phenoxy) is 2. The van der Waals surface area contributed by atoms with E-state index >= 15 is 0 Å². The van der Waals surface area contributed by atoms with Gasteiger partial charge in [-0.25, -0.2) is 0 Å². The quantitative estimate of drug-likeness (QED) is 0.754. The molecule has 0 heterocycles. The van der Waals surface area contributed by atoms with Crippen LogP contribution in [0.3, 0.4) is 0 Å². The maximum atomic E-state index is 6.03. The number of rotatable bonds is 4. The average Bonchev–Trinajstić information content (AvgIpc) is 2.41. The van der Waals surface area contributed by atoms with Gasteiger partial charge < -0.3 is 9.47 Å². The standard InChI is InChI=1S/C14H18BrClO2/c1-17-11-3-2-4-12(8-11)18-13-5-6-14(15)10(7-13)9-16/h5-7,11-12H,2-4,8-9H2,1H3. The van der Waals surface area contributed by atoms with E-state index in [1.807, 2.05) is 18.2 Å². The Morgan fingerprint density at radius 1 is 1.33 bits per heavy atom. The summed E-state index contributed by atoms with van der Waals surface area (Å²) in [6.07, 6.45) is 4.99. The summed E-state index contributed by atoms with van der Waals surface area (Å²) < 4.78 is 12.5. The highest BCUT2D eigenvalue weighted by Gasteiger charge is 2.23. The molecule has 0 bridgehead atoms. The van der Waals surface area contributed by atoms with E-state index in [1.54, 1.807) is 7.11 Å². The molecule has 1 fully saturated rings. The summed E-state index contributed by atoms with van der Waals surface area (Å²) in [7, 11) is 1.78. The molecule has 1 aliphatic carbocycles. The van der Waals surface area contributed by atoms with Gasteiger partial charge >= 0.3 is 0 Å². The van der Waals surface area contributed by atoms with Gasteiger partial charge in [0, 0.05) is 23.9 Å². The average molecular weight is 334 g/mol. The van der Waals surface area contributed by atoms with Gasteiger partial charge in [-0.05, 0) is 43.0 Å². The molecule has 0 saturated heterocycles. The lowest BCUT2D eigenvalue weighted by Crippen LogP contribution is -2.29. The molecular formula is C14H18BrClO2. The van der Waals surface area contributed by atoms with Crippen LogP contribution in [-0.4, -0.2) is 19.3 Å². The van der Waals surface area contributed by atoms with Crippen molar-refractivity contribution in [1.29, 1.82) is 0 Å². The summed E-state index contributed by atoms with van der Waals surface area (Å²) >= 11 is 9.36. The molecule has 2 nitrogen and oxygen atoms in total. The normalized spacial score (nSPS) is 23.9. The molecule has 4 heteroatoms. The van der Waals surface area contributed by atoms with Gasteiger partial charge in [0.15, 0.2) is 0 Å². The van der Waals surface area contributed by atoms with E-state index in [4.69, 9.17) is 21.1 Å². The highest BCUT2D eigenvalue weighted by molar-refractivity contribution is 9.10. The molecule has 0 N–H and O–H groups in total. The first kappa shape index (κ1) is 14.2. The lowest BCUT2D eigenvalue weighted by atomic mass is 9.95. The molecule has 2 unspecified atom stereocenters. The first-order valence-electron chi connectivity index (χ1n) is 6.26. The Hall–Kier alpha value is -0.250. The molecule has 18 heavy (non-hydrogen) atoms. The van der Waals surface area contributed by atoms with Gasteiger partial charge in [0.05, 0.1) is 6.10 Å². The van der Waals surface area contributed by atoms with Gasteiger partial charge in [-0.1, -0.05) is 15.9 Å². The molecule has 0 radical (unpaired) electrons. The third kappa shape index (κ3) is 3.62. The minimum Gasteiger partial charge on any atom is -0.490 e. The molecule has 0 aliphatic heterocycles. The van der Waals surface area contributed by atoms with Crippen LogP contribution in [-0.2, 0) is 10.6 Å². The van der Waals surface area contributed by atoms with Crippen LogP contribution < -0.4 is 4.74 Å². The Labute approximate surface area is 122 Å². The SMILES string of the molecule is COC1CCCC(Oc2ccc(Br)c(CCl)c2)C1. The largest absolute Gasteiger partial charge is 0.490 e. The number of hydrogen-bond acceptors (Lipinski definition) is 2. The topological polar surface area (TPSA) is 18.5 Å². The minimum absolute atomic E-state index is 0.257. The van der Waals surface area contributed by atoms with Gasteiger partial charge in [0.1, 0.15) is 11.9 Å². The van der Waals surface area contributed by atoms with Gasteiger partial charge in [0.25, 0.3) is 0 Å². The summed E-state index contributed by atoms with van der Waals surface area (Å²) in [5.41, 5.74) is 1.06. The van der Waals surface area contributed by atoms with E-state index in [0.29, 0.717) is 12.0 Å². The van der Waals surface area contributed by atoms with E-state index < -0.39 is 0 Å². The van der Waals surface area contributed by atoms with E-state index in [1.165, 1.54) is 6.42 Å². The van der Waals surface area contributed by atoms with E-state index in [0.717, 1.165) is 35.0 Å². The van der Waals surface area contributed by atoms with Crippen LogP contribution in [0, 0.1) is 0 Å². The smallest absolute Gasteiger partial charge is 0.120 e. The van der Waals surface area contributed by atoms with Crippen LogP contribution in [0.15, 0.2) is 22.7 Å². The fourth-order valence-electron chi connectivity index (χ4n) is 2.34. The van der Waals surface area contributed by atoms with Crippen molar-refractivity contribution in [3.05, 3.63) is 28.2 Å². The van der Waals surface area contributed by atoms with Crippen molar-refractivity contribution >= 4 is 27.5 Å². The molecule has 1 aliphatic rings. The van der Waals surface area contributed by atoms with Crippen LogP contribution >= 0.6 is 27.5 Å². The second-order valence-electron chi connectivity index (χ2n) is 4.65. The molecule has 100 valence electrons. The monoisotopic (exact) mass is 332 g/mol. The van der Waals surface area contributed by atoms with Crippen molar-refractivity contribution in [2.24, 2.45) is 0 Å². The molecule has 0 amide bonds. The van der Waals surface area contributed by atoms with E-state index in [-0.39, 0.29) is 6.10 Å². The van der Waals surface area contributed by atoms with Crippen molar-refractivity contribution in [3.8, 4) is 5.75 Å². The van der Waals surface area contributed by atoms with E-state index in [2.05, 4.69) is 15.9 Å². The van der Waals surface area contributed by atoms with E-state index in [9.17, 15) is 0 Å². The zero-order valence-electron chi connectivity index (χ0n) is 10.5. The fraction of sp³-hybridized carbons (Fsp3) is 0.571. The zero-order valence-corrected chi connectivity index (χ0v) is 12.8. The molecule has 1 saturated carbocycles. The Bertz CT molecular complexity index is 397. The molecule has 1 aromatic rings. The van der Waals surface area contributed by atoms with Crippen molar-refractivity contribution in [2.75, 3.05) is 7.11 Å². The van der Waals surface area contributed by atoms with Crippen LogP contribution in [0.1, 0.15) is 31.2 Å². The van der Waals surface area contributed by atoms with Crippen molar-refractivity contribution in [2.45, 2.75) is 43.8 Å². The minimum atomic E-state index is 0.257. The molecule has 1 aromatic carbocycles. The predicted octanol–water partition coefficient (Wildman–Crippen LogP) is 4.52. The Balaban J connectivity index is 2.00. The predicted molar refractivity (Wildman–Crippen MR) is 77.4 cm³/mol. The number of benzene rings is 1. The third-order valence-electron chi connectivity index (χ3n) is 3.38. The Morgan fingerprint density at radius 2 is 2.11 bits per heavy atom. The third-order valence-corrected chi connectivity index (χ3v) is 4.44. The van der Waals surface area contributed by atoms with Crippen molar-refractivity contribution in [1.82, 2.24) is 0 Å². The molecule has 2 rings (SSSR count). The van der Waals surface area contributed by atoms with Crippen LogP contribution in [0.5, 0.6) is 5.75 Å². The van der Waals surface area contributed by atoms with Crippen LogP contribution in [0.4, 0.5) is 0 Å². The Kier molecular flexibility index (Phi) is 5.34. The summed E-state index contributed by atoms with van der Waals surface area (Å²) in [5, 5.41) is 0. The Morgan fingerprint density at radius 3 is 2.83 bits per heavy atom. The molecule has 2 atom stereocenters. The fourth-order valence-corrected chi connectivity index (χ4v) is 3.11.